The van der Waals surface area contributed by atoms with Crippen LogP contribution in [-0.2, 0) is 9.53 Å². The second-order valence-corrected chi connectivity index (χ2v) is 5.20. The van der Waals surface area contributed by atoms with Gasteiger partial charge in [-0.25, -0.2) is 9.18 Å². The zero-order chi connectivity index (χ0) is 17.1. The third kappa shape index (κ3) is 3.53. The van der Waals surface area contributed by atoms with Gasteiger partial charge in [-0.05, 0) is 43.2 Å². The summed E-state index contributed by atoms with van der Waals surface area (Å²) in [5.74, 6) is -1.25. The number of methoxy groups -OCH3 is 1. The molecule has 0 atom stereocenters. The summed E-state index contributed by atoms with van der Waals surface area (Å²) in [5, 5.41) is 2.61. The Hall–Kier alpha value is -2.76. The minimum Gasteiger partial charge on any atom is -0.465 e. The van der Waals surface area contributed by atoms with Crippen molar-refractivity contribution in [2.75, 3.05) is 12.4 Å². The van der Waals surface area contributed by atoms with E-state index in [-0.39, 0.29) is 17.3 Å². The van der Waals surface area contributed by atoms with Crippen molar-refractivity contribution in [2.24, 2.45) is 0 Å². The van der Waals surface area contributed by atoms with Gasteiger partial charge in [-0.3, -0.25) is 9.78 Å². The van der Waals surface area contributed by atoms with Crippen LogP contribution >= 0.6 is 0 Å². The van der Waals surface area contributed by atoms with Crippen LogP contribution in [-0.4, -0.2) is 24.0 Å². The number of hydrogen-bond acceptors (Lipinski definition) is 4. The minimum atomic E-state index is -0.549. The average molecular weight is 316 g/mol. The number of aryl methyl sites for hydroxylation is 2. The lowest BCUT2D eigenvalue weighted by Gasteiger charge is -2.14. The SMILES string of the molecule is COC(=O)c1cc(C)c(-c2cc(C)c(F)cn2)cc1NC(C)=O. The second kappa shape index (κ2) is 6.56. The number of benzene rings is 1. The van der Waals surface area contributed by atoms with Crippen molar-refractivity contribution in [1.82, 2.24) is 4.98 Å². The number of carbonyl (C=O) groups excluding carboxylic acids is 2. The highest BCUT2D eigenvalue weighted by atomic mass is 19.1. The lowest BCUT2D eigenvalue weighted by atomic mass is 9.99. The first-order valence-corrected chi connectivity index (χ1v) is 6.96. The normalized spacial score (nSPS) is 10.3. The zero-order valence-corrected chi connectivity index (χ0v) is 13.4. The quantitative estimate of drug-likeness (QED) is 0.883. The molecule has 0 saturated carbocycles. The molecule has 23 heavy (non-hydrogen) atoms. The Morgan fingerprint density at radius 2 is 1.87 bits per heavy atom. The highest BCUT2D eigenvalue weighted by molar-refractivity contribution is 6.02. The summed E-state index contributed by atoms with van der Waals surface area (Å²) >= 11 is 0. The number of nitrogens with zero attached hydrogens (tertiary/aromatic N) is 1. The second-order valence-electron chi connectivity index (χ2n) is 5.20. The maximum Gasteiger partial charge on any atom is 0.339 e. The number of aromatic nitrogens is 1. The lowest BCUT2D eigenvalue weighted by Crippen LogP contribution is -2.12. The van der Waals surface area contributed by atoms with Crippen molar-refractivity contribution in [3.05, 3.63) is 46.9 Å². The third-order valence-electron chi connectivity index (χ3n) is 3.40. The molecule has 2 rings (SSSR count). The summed E-state index contributed by atoms with van der Waals surface area (Å²) in [5.41, 5.74) is 3.07. The van der Waals surface area contributed by atoms with E-state index in [4.69, 9.17) is 4.74 Å². The molecule has 6 heteroatoms. The van der Waals surface area contributed by atoms with E-state index >= 15 is 0 Å². The summed E-state index contributed by atoms with van der Waals surface area (Å²) in [4.78, 5) is 27.3. The molecule has 0 aliphatic rings. The van der Waals surface area contributed by atoms with E-state index in [1.165, 1.54) is 14.0 Å². The summed E-state index contributed by atoms with van der Waals surface area (Å²) in [6, 6.07) is 4.88. The molecule has 0 spiro atoms. The molecule has 0 unspecified atom stereocenters. The standard InChI is InChI=1S/C17H17FN2O3/c1-9-5-13(17(22)23-4)16(20-11(3)21)7-12(9)15-6-10(2)14(18)8-19-15/h5-8H,1-4H3,(H,20,21). The van der Waals surface area contributed by atoms with E-state index in [9.17, 15) is 14.0 Å². The number of rotatable bonds is 3. The van der Waals surface area contributed by atoms with Gasteiger partial charge in [0.1, 0.15) is 5.82 Å². The molecule has 0 aliphatic heterocycles. The fourth-order valence-corrected chi connectivity index (χ4v) is 2.24. The molecule has 0 saturated heterocycles. The third-order valence-corrected chi connectivity index (χ3v) is 3.40. The van der Waals surface area contributed by atoms with Crippen LogP contribution in [0.4, 0.5) is 10.1 Å². The van der Waals surface area contributed by atoms with E-state index in [1.807, 2.05) is 0 Å². The van der Waals surface area contributed by atoms with Crippen LogP contribution in [0.3, 0.4) is 0 Å². The van der Waals surface area contributed by atoms with E-state index in [0.717, 1.165) is 11.8 Å². The van der Waals surface area contributed by atoms with Crippen LogP contribution in [0, 0.1) is 19.7 Å². The summed E-state index contributed by atoms with van der Waals surface area (Å²) in [6.07, 6.45) is 1.15. The largest absolute Gasteiger partial charge is 0.465 e. The van der Waals surface area contributed by atoms with E-state index in [1.54, 1.807) is 32.0 Å². The van der Waals surface area contributed by atoms with Crippen LogP contribution < -0.4 is 5.32 Å². The Balaban J connectivity index is 2.62. The number of anilines is 1. The monoisotopic (exact) mass is 316 g/mol. The predicted octanol–water partition coefficient (Wildman–Crippen LogP) is 3.25. The lowest BCUT2D eigenvalue weighted by molar-refractivity contribution is -0.114. The summed E-state index contributed by atoms with van der Waals surface area (Å²) in [6.45, 7) is 4.80. The van der Waals surface area contributed by atoms with Crippen LogP contribution in [0.5, 0.6) is 0 Å². The smallest absolute Gasteiger partial charge is 0.339 e. The van der Waals surface area contributed by atoms with Gasteiger partial charge in [-0.1, -0.05) is 0 Å². The van der Waals surface area contributed by atoms with E-state index < -0.39 is 5.97 Å². The molecule has 0 radical (unpaired) electrons. The Morgan fingerprint density at radius 1 is 1.17 bits per heavy atom. The maximum absolute atomic E-state index is 13.4. The van der Waals surface area contributed by atoms with Crippen molar-refractivity contribution in [1.29, 1.82) is 0 Å². The Kier molecular flexibility index (Phi) is 4.74. The molecule has 1 heterocycles. The van der Waals surface area contributed by atoms with Crippen LogP contribution in [0.1, 0.15) is 28.4 Å². The molecule has 2 aromatic rings. The zero-order valence-electron chi connectivity index (χ0n) is 13.4. The number of hydrogen-bond donors (Lipinski definition) is 1. The first kappa shape index (κ1) is 16.6. The molecule has 1 aromatic carbocycles. The minimum absolute atomic E-state index is 0.253. The van der Waals surface area contributed by atoms with Crippen molar-refractivity contribution in [2.45, 2.75) is 20.8 Å². The van der Waals surface area contributed by atoms with Gasteiger partial charge in [0, 0.05) is 12.5 Å². The molecule has 120 valence electrons. The van der Waals surface area contributed by atoms with Gasteiger partial charge < -0.3 is 10.1 Å². The number of ether oxygens (including phenoxy) is 1. The van der Waals surface area contributed by atoms with Gasteiger partial charge in [0.2, 0.25) is 5.91 Å². The summed E-state index contributed by atoms with van der Waals surface area (Å²) < 4.78 is 18.1. The number of nitrogens with one attached hydrogen (secondary N) is 1. The Bertz CT molecular complexity index is 788. The van der Waals surface area contributed by atoms with Gasteiger partial charge >= 0.3 is 5.97 Å². The maximum atomic E-state index is 13.4. The van der Waals surface area contributed by atoms with Crippen molar-refractivity contribution < 1.29 is 18.7 Å². The van der Waals surface area contributed by atoms with Crippen LogP contribution in [0.25, 0.3) is 11.3 Å². The molecular formula is C17H17FN2O3. The number of esters is 1. The predicted molar refractivity (Wildman–Crippen MR) is 84.7 cm³/mol. The van der Waals surface area contributed by atoms with E-state index in [2.05, 4.69) is 10.3 Å². The first-order valence-electron chi connectivity index (χ1n) is 6.96. The van der Waals surface area contributed by atoms with Crippen molar-refractivity contribution in [3.8, 4) is 11.3 Å². The van der Waals surface area contributed by atoms with Crippen LogP contribution in [0.2, 0.25) is 0 Å². The molecule has 0 fully saturated rings. The molecule has 1 aromatic heterocycles. The number of pyridine rings is 1. The highest BCUT2D eigenvalue weighted by Crippen LogP contribution is 2.29. The molecular weight excluding hydrogens is 299 g/mol. The van der Waals surface area contributed by atoms with Gasteiger partial charge in [-0.15, -0.1) is 0 Å². The van der Waals surface area contributed by atoms with Gasteiger partial charge in [-0.2, -0.15) is 0 Å². The summed E-state index contributed by atoms with van der Waals surface area (Å²) in [7, 11) is 1.27. The van der Waals surface area contributed by atoms with E-state index in [0.29, 0.717) is 22.5 Å². The molecule has 1 N–H and O–H groups in total. The Morgan fingerprint density at radius 3 is 2.43 bits per heavy atom. The van der Waals surface area contributed by atoms with Crippen LogP contribution in [0.15, 0.2) is 24.4 Å². The molecule has 1 amide bonds. The highest BCUT2D eigenvalue weighted by Gasteiger charge is 2.17. The van der Waals surface area contributed by atoms with Crippen molar-refractivity contribution in [3.63, 3.8) is 0 Å². The topological polar surface area (TPSA) is 68.3 Å². The fraction of sp³-hybridized carbons (Fsp3) is 0.235. The first-order chi connectivity index (χ1) is 10.8. The Labute approximate surface area is 133 Å². The number of amides is 1. The van der Waals surface area contributed by atoms with Gasteiger partial charge in [0.05, 0.1) is 30.3 Å². The number of carbonyl (C=O) groups is 2. The molecule has 0 aliphatic carbocycles. The van der Waals surface area contributed by atoms with Crippen molar-refractivity contribution >= 4 is 17.6 Å². The van der Waals surface area contributed by atoms with Gasteiger partial charge in [0.15, 0.2) is 0 Å². The molecule has 0 bridgehead atoms. The number of halogens is 1. The van der Waals surface area contributed by atoms with Gasteiger partial charge in [0.25, 0.3) is 0 Å². The molecule has 5 nitrogen and oxygen atoms in total. The average Bonchev–Trinajstić information content (AvgIpc) is 2.50. The fourth-order valence-electron chi connectivity index (χ4n) is 2.24.